The van der Waals surface area contributed by atoms with Gasteiger partial charge >= 0.3 is 0 Å². The predicted octanol–water partition coefficient (Wildman–Crippen LogP) is 1.40. The van der Waals surface area contributed by atoms with Crippen molar-refractivity contribution in [3.8, 4) is 0 Å². The molecule has 1 N–H and O–H groups in total. The van der Waals surface area contributed by atoms with Crippen LogP contribution in [0.15, 0.2) is 24.3 Å². The lowest BCUT2D eigenvalue weighted by molar-refractivity contribution is -0.140. The van der Waals surface area contributed by atoms with Gasteiger partial charge in [0, 0.05) is 42.7 Å². The number of rotatable bonds is 4. The van der Waals surface area contributed by atoms with Crippen LogP contribution in [-0.2, 0) is 9.59 Å². The highest BCUT2D eigenvalue weighted by Crippen LogP contribution is 2.10. The van der Waals surface area contributed by atoms with Crippen molar-refractivity contribution < 1.29 is 14.4 Å². The lowest BCUT2D eigenvalue weighted by atomic mass is 10.1. The third-order valence-electron chi connectivity index (χ3n) is 3.92. The van der Waals surface area contributed by atoms with E-state index in [2.05, 4.69) is 5.32 Å². The van der Waals surface area contributed by atoms with E-state index < -0.39 is 0 Å². The summed E-state index contributed by atoms with van der Waals surface area (Å²) in [4.78, 5) is 39.6. The Morgan fingerprint density at radius 1 is 1.12 bits per heavy atom. The van der Waals surface area contributed by atoms with Crippen LogP contribution in [-0.4, -0.2) is 60.2 Å². The maximum Gasteiger partial charge on any atom is 0.251 e. The van der Waals surface area contributed by atoms with E-state index in [9.17, 15) is 14.4 Å². The van der Waals surface area contributed by atoms with E-state index in [4.69, 9.17) is 11.6 Å². The van der Waals surface area contributed by atoms with Gasteiger partial charge in [-0.15, -0.1) is 0 Å². The number of benzene rings is 1. The first kappa shape index (κ1) is 18.3. The first-order chi connectivity index (χ1) is 11.4. The van der Waals surface area contributed by atoms with Crippen molar-refractivity contribution in [3.05, 3.63) is 34.9 Å². The lowest BCUT2D eigenvalue weighted by Gasteiger charge is -2.35. The van der Waals surface area contributed by atoms with Gasteiger partial charge in [0.25, 0.3) is 5.91 Å². The van der Waals surface area contributed by atoms with Crippen molar-refractivity contribution >= 4 is 29.3 Å². The summed E-state index contributed by atoms with van der Waals surface area (Å²) in [6.07, 6.45) is 0. The number of carbonyl (C=O) groups excluding carboxylic acids is 3. The number of hydrogen-bond acceptors (Lipinski definition) is 3. The molecular formula is C17H22ClN3O3. The van der Waals surface area contributed by atoms with E-state index in [-0.39, 0.29) is 30.2 Å². The molecule has 1 saturated heterocycles. The van der Waals surface area contributed by atoms with Crippen LogP contribution in [0.25, 0.3) is 0 Å². The second kappa shape index (κ2) is 8.15. The first-order valence-corrected chi connectivity index (χ1v) is 8.36. The quantitative estimate of drug-likeness (QED) is 0.891. The smallest absolute Gasteiger partial charge is 0.251 e. The maximum absolute atomic E-state index is 12.2. The fourth-order valence-corrected chi connectivity index (χ4v) is 2.73. The Labute approximate surface area is 146 Å². The molecule has 0 saturated carbocycles. The first-order valence-electron chi connectivity index (χ1n) is 7.99. The maximum atomic E-state index is 12.2. The van der Waals surface area contributed by atoms with Crippen LogP contribution in [0.3, 0.4) is 0 Å². The summed E-state index contributed by atoms with van der Waals surface area (Å²) in [5, 5.41) is 3.08. The SMILES string of the molecule is CC(C)C(=O)N1CCN(C(=O)CNC(=O)c2cccc(Cl)c2)CC1. The van der Waals surface area contributed by atoms with Gasteiger partial charge in [0.05, 0.1) is 6.54 Å². The van der Waals surface area contributed by atoms with Gasteiger partial charge in [-0.3, -0.25) is 14.4 Å². The van der Waals surface area contributed by atoms with E-state index in [1.165, 1.54) is 0 Å². The Hall–Kier alpha value is -2.08. The molecule has 0 aliphatic carbocycles. The summed E-state index contributed by atoms with van der Waals surface area (Å²) in [7, 11) is 0. The Bertz CT molecular complexity index is 625. The summed E-state index contributed by atoms with van der Waals surface area (Å²) in [6, 6.07) is 6.56. The largest absolute Gasteiger partial charge is 0.343 e. The van der Waals surface area contributed by atoms with Gasteiger partial charge < -0.3 is 15.1 Å². The highest BCUT2D eigenvalue weighted by molar-refractivity contribution is 6.30. The molecule has 6 nitrogen and oxygen atoms in total. The fourth-order valence-electron chi connectivity index (χ4n) is 2.54. The van der Waals surface area contributed by atoms with Crippen molar-refractivity contribution in [2.75, 3.05) is 32.7 Å². The predicted molar refractivity (Wildman–Crippen MR) is 91.8 cm³/mol. The molecule has 0 aromatic heterocycles. The Morgan fingerprint density at radius 2 is 1.75 bits per heavy atom. The molecule has 0 unspecified atom stereocenters. The molecule has 0 radical (unpaired) electrons. The molecule has 1 fully saturated rings. The molecule has 7 heteroatoms. The highest BCUT2D eigenvalue weighted by Gasteiger charge is 2.25. The standard InChI is InChI=1S/C17H22ClN3O3/c1-12(2)17(24)21-8-6-20(7-9-21)15(22)11-19-16(23)13-4-3-5-14(18)10-13/h3-5,10,12H,6-9,11H2,1-2H3,(H,19,23). The second-order valence-electron chi connectivity index (χ2n) is 6.05. The minimum atomic E-state index is -0.334. The van der Waals surface area contributed by atoms with Crippen molar-refractivity contribution in [2.24, 2.45) is 5.92 Å². The van der Waals surface area contributed by atoms with Gasteiger partial charge in [-0.1, -0.05) is 31.5 Å². The molecular weight excluding hydrogens is 330 g/mol. The Kier molecular flexibility index (Phi) is 6.20. The van der Waals surface area contributed by atoms with Crippen LogP contribution in [0.5, 0.6) is 0 Å². The van der Waals surface area contributed by atoms with Crippen LogP contribution >= 0.6 is 11.6 Å². The van der Waals surface area contributed by atoms with E-state index in [1.54, 1.807) is 34.1 Å². The van der Waals surface area contributed by atoms with Gasteiger partial charge in [-0.25, -0.2) is 0 Å². The van der Waals surface area contributed by atoms with Crippen LogP contribution in [0.4, 0.5) is 0 Å². The Balaban J connectivity index is 1.80. The second-order valence-corrected chi connectivity index (χ2v) is 6.49. The van der Waals surface area contributed by atoms with Gasteiger partial charge in [0.15, 0.2) is 0 Å². The number of nitrogens with zero attached hydrogens (tertiary/aromatic N) is 2. The zero-order valence-electron chi connectivity index (χ0n) is 13.9. The van der Waals surface area contributed by atoms with E-state index in [0.717, 1.165) is 0 Å². The fraction of sp³-hybridized carbons (Fsp3) is 0.471. The highest BCUT2D eigenvalue weighted by atomic mass is 35.5. The van der Waals surface area contributed by atoms with Gasteiger partial charge in [0.1, 0.15) is 0 Å². The number of hydrogen-bond donors (Lipinski definition) is 1. The van der Waals surface area contributed by atoms with Gasteiger partial charge in [-0.2, -0.15) is 0 Å². The number of nitrogens with one attached hydrogen (secondary N) is 1. The molecule has 1 aliphatic heterocycles. The van der Waals surface area contributed by atoms with Crippen molar-refractivity contribution in [1.29, 1.82) is 0 Å². The van der Waals surface area contributed by atoms with Crippen LogP contribution in [0.1, 0.15) is 24.2 Å². The lowest BCUT2D eigenvalue weighted by Crippen LogP contribution is -2.53. The molecule has 24 heavy (non-hydrogen) atoms. The molecule has 2 rings (SSSR count). The minimum Gasteiger partial charge on any atom is -0.343 e. The number of amides is 3. The van der Waals surface area contributed by atoms with Crippen molar-refractivity contribution in [3.63, 3.8) is 0 Å². The molecule has 3 amide bonds. The van der Waals surface area contributed by atoms with Crippen LogP contribution in [0.2, 0.25) is 5.02 Å². The number of carbonyl (C=O) groups is 3. The third kappa shape index (κ3) is 4.71. The average molecular weight is 352 g/mol. The average Bonchev–Trinajstić information content (AvgIpc) is 2.58. The van der Waals surface area contributed by atoms with Gasteiger partial charge in [0.2, 0.25) is 11.8 Å². The molecule has 130 valence electrons. The molecule has 1 aromatic carbocycles. The number of halogens is 1. The summed E-state index contributed by atoms with van der Waals surface area (Å²) in [5.41, 5.74) is 0.419. The zero-order valence-corrected chi connectivity index (χ0v) is 14.7. The molecule has 0 bridgehead atoms. The molecule has 1 aliphatic rings. The summed E-state index contributed by atoms with van der Waals surface area (Å²) in [5.74, 6) is -0.415. The van der Waals surface area contributed by atoms with Crippen LogP contribution < -0.4 is 5.32 Å². The molecule has 1 aromatic rings. The number of piperazine rings is 1. The minimum absolute atomic E-state index is 0.0377. The summed E-state index contributed by atoms with van der Waals surface area (Å²) < 4.78 is 0. The van der Waals surface area contributed by atoms with Crippen LogP contribution in [0, 0.1) is 5.92 Å². The summed E-state index contributed by atoms with van der Waals surface area (Å²) in [6.45, 7) is 5.71. The van der Waals surface area contributed by atoms with E-state index >= 15 is 0 Å². The van der Waals surface area contributed by atoms with Crippen molar-refractivity contribution in [2.45, 2.75) is 13.8 Å². The third-order valence-corrected chi connectivity index (χ3v) is 4.16. The topological polar surface area (TPSA) is 69.7 Å². The van der Waals surface area contributed by atoms with E-state index in [1.807, 2.05) is 13.8 Å². The van der Waals surface area contributed by atoms with Crippen molar-refractivity contribution in [1.82, 2.24) is 15.1 Å². The van der Waals surface area contributed by atoms with Gasteiger partial charge in [-0.05, 0) is 18.2 Å². The van der Waals surface area contributed by atoms with E-state index in [0.29, 0.717) is 36.8 Å². The molecule has 0 spiro atoms. The zero-order chi connectivity index (χ0) is 17.7. The Morgan fingerprint density at radius 3 is 2.33 bits per heavy atom. The molecule has 0 atom stereocenters. The normalized spacial score (nSPS) is 14.7. The molecule has 1 heterocycles. The summed E-state index contributed by atoms with van der Waals surface area (Å²) >= 11 is 5.85. The monoisotopic (exact) mass is 351 g/mol.